The Morgan fingerprint density at radius 3 is 2.54 bits per heavy atom. The monoisotopic (exact) mass is 478 g/mol. The van der Waals surface area contributed by atoms with Crippen molar-refractivity contribution < 1.29 is 17.9 Å². The number of anilines is 3. The van der Waals surface area contributed by atoms with E-state index in [1.54, 1.807) is 6.07 Å². The van der Waals surface area contributed by atoms with E-state index in [4.69, 9.17) is 15.5 Å². The third-order valence-electron chi connectivity index (χ3n) is 6.25. The number of hydrogen-bond donors (Lipinski definition) is 1. The van der Waals surface area contributed by atoms with Crippen LogP contribution < -0.4 is 15.4 Å². The molecule has 0 spiro atoms. The molecule has 5 rings (SSSR count). The summed E-state index contributed by atoms with van der Waals surface area (Å²) in [4.78, 5) is 11.4. The van der Waals surface area contributed by atoms with E-state index >= 15 is 0 Å². The van der Waals surface area contributed by atoms with Crippen molar-refractivity contribution >= 4 is 28.1 Å². The van der Waals surface area contributed by atoms with E-state index in [0.717, 1.165) is 52.9 Å². The Hall–Kier alpha value is -3.81. The van der Waals surface area contributed by atoms with Crippen molar-refractivity contribution in [3.63, 3.8) is 0 Å². The van der Waals surface area contributed by atoms with Gasteiger partial charge in [0.25, 0.3) is 0 Å². The van der Waals surface area contributed by atoms with Gasteiger partial charge in [-0.25, -0.2) is 9.97 Å². The van der Waals surface area contributed by atoms with E-state index in [2.05, 4.69) is 4.98 Å². The van der Waals surface area contributed by atoms with Gasteiger partial charge in [0.15, 0.2) is 0 Å². The fourth-order valence-corrected chi connectivity index (χ4v) is 4.60. The van der Waals surface area contributed by atoms with Crippen LogP contribution in [0.15, 0.2) is 60.7 Å². The second-order valence-corrected chi connectivity index (χ2v) is 8.79. The van der Waals surface area contributed by atoms with Crippen molar-refractivity contribution in [1.82, 2.24) is 9.97 Å². The third-order valence-corrected chi connectivity index (χ3v) is 6.25. The van der Waals surface area contributed by atoms with Gasteiger partial charge in [-0.05, 0) is 80.3 Å². The van der Waals surface area contributed by atoms with Crippen molar-refractivity contribution in [2.75, 3.05) is 17.2 Å². The van der Waals surface area contributed by atoms with Gasteiger partial charge in [-0.1, -0.05) is 18.2 Å². The minimum Gasteiger partial charge on any atom is -0.493 e. The largest absolute Gasteiger partial charge is 0.493 e. The van der Waals surface area contributed by atoms with Crippen LogP contribution in [0.2, 0.25) is 0 Å². The normalized spacial score (nSPS) is 14.3. The number of aromatic nitrogens is 2. The molecule has 0 unspecified atom stereocenters. The Morgan fingerprint density at radius 2 is 1.80 bits per heavy atom. The van der Waals surface area contributed by atoms with Crippen LogP contribution in [0.5, 0.6) is 5.75 Å². The van der Waals surface area contributed by atoms with Crippen LogP contribution in [0, 0.1) is 6.92 Å². The molecule has 0 aliphatic carbocycles. The van der Waals surface area contributed by atoms with Crippen LogP contribution in [0.3, 0.4) is 0 Å². The number of halogens is 3. The molecule has 8 heteroatoms. The number of aryl methyl sites for hydroxylation is 2. The number of hydrogen-bond acceptors (Lipinski definition) is 5. The van der Waals surface area contributed by atoms with Gasteiger partial charge < -0.3 is 15.4 Å². The summed E-state index contributed by atoms with van der Waals surface area (Å²) in [6, 6.07) is 16.6. The Bertz CT molecular complexity index is 1390. The summed E-state index contributed by atoms with van der Waals surface area (Å²) < 4.78 is 46.6. The van der Waals surface area contributed by atoms with E-state index in [0.29, 0.717) is 23.8 Å². The zero-order valence-corrected chi connectivity index (χ0v) is 19.4. The number of nitrogens with two attached hydrogens (primary N) is 1. The molecule has 1 aliphatic heterocycles. The first-order chi connectivity index (χ1) is 16.7. The molecule has 1 aliphatic rings. The Labute approximate surface area is 201 Å². The number of benzene rings is 3. The second kappa shape index (κ2) is 8.76. The van der Waals surface area contributed by atoms with Gasteiger partial charge in [-0.3, -0.25) is 0 Å². The molecular formula is C27H25F3N4O. The molecule has 0 radical (unpaired) electrons. The number of fused-ring (bicyclic) bond motifs is 2. The van der Waals surface area contributed by atoms with Crippen molar-refractivity contribution in [2.45, 2.75) is 38.9 Å². The smallest absolute Gasteiger partial charge is 0.416 e. The molecule has 180 valence electrons. The average Bonchev–Trinajstić information content (AvgIpc) is 2.82. The highest BCUT2D eigenvalue weighted by molar-refractivity contribution is 5.93. The molecule has 0 saturated heterocycles. The van der Waals surface area contributed by atoms with Crippen LogP contribution in [0.1, 0.15) is 41.9 Å². The molecule has 5 nitrogen and oxygen atoms in total. The minimum atomic E-state index is -4.50. The summed E-state index contributed by atoms with van der Waals surface area (Å²) in [6.45, 7) is 4.30. The van der Waals surface area contributed by atoms with Gasteiger partial charge in [-0.2, -0.15) is 13.2 Å². The predicted molar refractivity (Wildman–Crippen MR) is 131 cm³/mol. The molecule has 35 heavy (non-hydrogen) atoms. The van der Waals surface area contributed by atoms with Gasteiger partial charge in [0.1, 0.15) is 17.4 Å². The van der Waals surface area contributed by atoms with E-state index in [9.17, 15) is 13.2 Å². The number of ether oxygens (including phenoxy) is 1. The minimum absolute atomic E-state index is 0.0564. The number of para-hydroxylation sites is 1. The molecule has 4 aromatic rings. The van der Waals surface area contributed by atoms with Crippen molar-refractivity contribution in [3.8, 4) is 5.75 Å². The van der Waals surface area contributed by atoms with Crippen molar-refractivity contribution in [1.29, 1.82) is 0 Å². The summed E-state index contributed by atoms with van der Waals surface area (Å²) in [5, 5.41) is 0.770. The van der Waals surface area contributed by atoms with Crippen LogP contribution in [-0.4, -0.2) is 16.6 Å². The maximum Gasteiger partial charge on any atom is 0.416 e. The van der Waals surface area contributed by atoms with Crippen molar-refractivity contribution in [2.24, 2.45) is 0 Å². The fourth-order valence-electron chi connectivity index (χ4n) is 4.60. The first-order valence-corrected chi connectivity index (χ1v) is 11.5. The Kier molecular flexibility index (Phi) is 5.75. The van der Waals surface area contributed by atoms with Gasteiger partial charge in [-0.15, -0.1) is 0 Å². The molecule has 0 saturated carbocycles. The number of nitrogen functional groups attached to an aromatic ring is 1. The lowest BCUT2D eigenvalue weighted by atomic mass is 10.00. The molecular weight excluding hydrogens is 453 g/mol. The van der Waals surface area contributed by atoms with E-state index in [1.807, 2.05) is 61.2 Å². The van der Waals surface area contributed by atoms with E-state index < -0.39 is 17.8 Å². The molecule has 1 atom stereocenters. The molecule has 1 aromatic heterocycles. The first-order valence-electron chi connectivity index (χ1n) is 11.5. The van der Waals surface area contributed by atoms with Crippen LogP contribution in [-0.2, 0) is 12.6 Å². The highest BCUT2D eigenvalue weighted by Gasteiger charge is 2.32. The molecule has 2 heterocycles. The number of nitrogens with zero attached hydrogens (tertiary/aromatic N) is 3. The first kappa shape index (κ1) is 23.0. The summed E-state index contributed by atoms with van der Waals surface area (Å²) in [5.74, 6) is 1.96. The summed E-state index contributed by atoms with van der Waals surface area (Å²) >= 11 is 0. The lowest BCUT2D eigenvalue weighted by Crippen LogP contribution is -2.24. The fraction of sp³-hybridized carbons (Fsp3) is 0.259. The number of alkyl halides is 3. The Balaban J connectivity index is 1.73. The lowest BCUT2D eigenvalue weighted by molar-refractivity contribution is -0.137. The van der Waals surface area contributed by atoms with Gasteiger partial charge in [0.2, 0.25) is 0 Å². The zero-order valence-electron chi connectivity index (χ0n) is 19.4. The van der Waals surface area contributed by atoms with Crippen LogP contribution in [0.4, 0.5) is 30.4 Å². The summed E-state index contributed by atoms with van der Waals surface area (Å²) in [7, 11) is 0. The van der Waals surface area contributed by atoms with Crippen LogP contribution in [0.25, 0.3) is 10.9 Å². The average molecular weight is 479 g/mol. The van der Waals surface area contributed by atoms with E-state index in [-0.39, 0.29) is 5.69 Å². The maximum atomic E-state index is 13.6. The van der Waals surface area contributed by atoms with Gasteiger partial charge >= 0.3 is 6.18 Å². The molecule has 0 bridgehead atoms. The highest BCUT2D eigenvalue weighted by Crippen LogP contribution is 2.41. The topological polar surface area (TPSA) is 64.3 Å². The maximum absolute atomic E-state index is 13.6. The summed E-state index contributed by atoms with van der Waals surface area (Å²) in [5.41, 5.74) is 8.26. The molecule has 0 fully saturated rings. The standard InChI is InChI=1S/C27H25F3N4O/c1-16(19-11-20(27(28,29)30)14-21(31)12-19)34(22-8-4-3-5-9-22)26-23-15-25-18(7-6-10-35-25)13-24(23)32-17(2)33-26/h3-5,8-9,11-16H,6-7,10,31H2,1-2H3/t16-/m1/s1. The molecule has 0 amide bonds. The molecule has 3 aromatic carbocycles. The SMILES string of the molecule is Cc1nc(N(c2ccccc2)[C@H](C)c2cc(N)cc(C(F)(F)F)c2)c2cc3c(cc2n1)CCCO3. The third kappa shape index (κ3) is 4.48. The predicted octanol–water partition coefficient (Wildman–Crippen LogP) is 6.76. The lowest BCUT2D eigenvalue weighted by Gasteiger charge is -2.32. The highest BCUT2D eigenvalue weighted by atomic mass is 19.4. The van der Waals surface area contributed by atoms with Crippen LogP contribution >= 0.6 is 0 Å². The summed E-state index contributed by atoms with van der Waals surface area (Å²) in [6.07, 6.45) is -2.65. The van der Waals surface area contributed by atoms with Gasteiger partial charge in [0, 0.05) is 16.8 Å². The number of rotatable bonds is 4. The van der Waals surface area contributed by atoms with Gasteiger partial charge in [0.05, 0.1) is 23.7 Å². The quantitative estimate of drug-likeness (QED) is 0.328. The second-order valence-electron chi connectivity index (χ2n) is 8.79. The molecule has 2 N–H and O–H groups in total. The van der Waals surface area contributed by atoms with E-state index in [1.165, 1.54) is 0 Å². The van der Waals surface area contributed by atoms with Crippen molar-refractivity contribution in [3.05, 3.63) is 83.2 Å². The zero-order chi connectivity index (χ0) is 24.7. The Morgan fingerprint density at radius 1 is 1.03 bits per heavy atom.